The second-order valence-electron chi connectivity index (χ2n) is 5.91. The fraction of sp³-hybridized carbons (Fsp3) is 0.474. The average Bonchev–Trinajstić information content (AvgIpc) is 3.18. The number of hydrogen-bond acceptors (Lipinski definition) is 4. The molecule has 26 heavy (non-hydrogen) atoms. The third-order valence-electron chi connectivity index (χ3n) is 3.76. The van der Waals surface area contributed by atoms with Gasteiger partial charge in [0.15, 0.2) is 5.96 Å². The molecule has 7 heteroatoms. The first-order valence-corrected chi connectivity index (χ1v) is 9.88. The van der Waals surface area contributed by atoms with E-state index in [1.165, 1.54) is 4.88 Å². The highest BCUT2D eigenvalue weighted by atomic mass is 127. The quantitative estimate of drug-likeness (QED) is 0.202. The van der Waals surface area contributed by atoms with E-state index in [2.05, 4.69) is 52.3 Å². The van der Waals surface area contributed by atoms with Crippen LogP contribution in [0.3, 0.4) is 0 Å². The number of pyridine rings is 1. The van der Waals surface area contributed by atoms with Crippen LogP contribution in [-0.4, -0.2) is 37.1 Å². The molecular formula is C19H30IN5S. The Hall–Kier alpha value is -1.35. The monoisotopic (exact) mass is 487 g/mol. The summed E-state index contributed by atoms with van der Waals surface area (Å²) in [5.41, 5.74) is 0. The predicted octanol–water partition coefficient (Wildman–Crippen LogP) is 4.31. The van der Waals surface area contributed by atoms with Crippen molar-refractivity contribution >= 4 is 47.1 Å². The van der Waals surface area contributed by atoms with Crippen molar-refractivity contribution in [1.29, 1.82) is 0 Å². The molecule has 2 aromatic heterocycles. The Morgan fingerprint density at radius 2 is 2.00 bits per heavy atom. The van der Waals surface area contributed by atoms with Gasteiger partial charge < -0.3 is 16.0 Å². The van der Waals surface area contributed by atoms with Crippen LogP contribution in [0.2, 0.25) is 0 Å². The van der Waals surface area contributed by atoms with Gasteiger partial charge in [-0.15, -0.1) is 35.3 Å². The zero-order chi connectivity index (χ0) is 17.7. The Kier molecular flexibility index (Phi) is 12.0. The highest BCUT2D eigenvalue weighted by molar-refractivity contribution is 14.0. The molecule has 1 atom stereocenters. The summed E-state index contributed by atoms with van der Waals surface area (Å²) in [4.78, 5) is 10.4. The molecule has 0 aliphatic heterocycles. The number of hydrogen-bond donors (Lipinski definition) is 3. The molecule has 5 nitrogen and oxygen atoms in total. The van der Waals surface area contributed by atoms with Gasteiger partial charge in [-0.05, 0) is 43.3 Å². The highest BCUT2D eigenvalue weighted by Crippen LogP contribution is 2.20. The first kappa shape index (κ1) is 22.7. The van der Waals surface area contributed by atoms with Crippen molar-refractivity contribution < 1.29 is 0 Å². The van der Waals surface area contributed by atoms with Crippen molar-refractivity contribution in [2.45, 2.75) is 32.6 Å². The Morgan fingerprint density at radius 3 is 2.69 bits per heavy atom. The van der Waals surface area contributed by atoms with E-state index in [9.17, 15) is 0 Å². The van der Waals surface area contributed by atoms with Crippen molar-refractivity contribution in [2.75, 3.05) is 31.5 Å². The first-order valence-electron chi connectivity index (χ1n) is 9.00. The van der Waals surface area contributed by atoms with Crippen molar-refractivity contribution in [3.63, 3.8) is 0 Å². The van der Waals surface area contributed by atoms with E-state index in [1.807, 2.05) is 18.2 Å². The summed E-state index contributed by atoms with van der Waals surface area (Å²) in [6.45, 7) is 7.85. The van der Waals surface area contributed by atoms with Crippen molar-refractivity contribution in [3.05, 3.63) is 46.8 Å². The maximum absolute atomic E-state index is 4.71. The molecule has 0 spiro atoms. The topological polar surface area (TPSA) is 61.3 Å². The number of halogens is 1. The van der Waals surface area contributed by atoms with E-state index < -0.39 is 0 Å². The lowest BCUT2D eigenvalue weighted by atomic mass is 10.1. The second-order valence-corrected chi connectivity index (χ2v) is 6.89. The molecule has 0 aliphatic rings. The van der Waals surface area contributed by atoms with Crippen molar-refractivity contribution in [1.82, 2.24) is 15.6 Å². The summed E-state index contributed by atoms with van der Waals surface area (Å²) in [5.74, 6) is 2.30. The third-order valence-corrected chi connectivity index (χ3v) is 4.87. The van der Waals surface area contributed by atoms with Crippen molar-refractivity contribution in [3.8, 4) is 0 Å². The lowest BCUT2D eigenvalue weighted by Gasteiger charge is -2.13. The number of guanidine groups is 1. The van der Waals surface area contributed by atoms with Gasteiger partial charge in [0, 0.05) is 36.6 Å². The predicted molar refractivity (Wildman–Crippen MR) is 124 cm³/mol. The number of aromatic nitrogens is 1. The highest BCUT2D eigenvalue weighted by Gasteiger charge is 2.06. The molecule has 0 radical (unpaired) electrons. The van der Waals surface area contributed by atoms with Gasteiger partial charge in [0.1, 0.15) is 5.82 Å². The van der Waals surface area contributed by atoms with Gasteiger partial charge >= 0.3 is 0 Å². The van der Waals surface area contributed by atoms with Gasteiger partial charge in [0.25, 0.3) is 0 Å². The summed E-state index contributed by atoms with van der Waals surface area (Å²) in [5, 5.41) is 12.2. The van der Waals surface area contributed by atoms with E-state index in [4.69, 9.17) is 4.99 Å². The molecule has 0 bridgehead atoms. The van der Waals surface area contributed by atoms with Crippen LogP contribution in [0.5, 0.6) is 0 Å². The van der Waals surface area contributed by atoms with Crippen LogP contribution >= 0.6 is 35.3 Å². The van der Waals surface area contributed by atoms with Gasteiger partial charge in [-0.3, -0.25) is 4.99 Å². The summed E-state index contributed by atoms with van der Waals surface area (Å²) >= 11 is 1.80. The molecule has 3 N–H and O–H groups in total. The minimum absolute atomic E-state index is 0. The van der Waals surface area contributed by atoms with E-state index in [1.54, 1.807) is 17.5 Å². The maximum atomic E-state index is 4.71. The maximum Gasteiger partial charge on any atom is 0.191 e. The Labute approximate surface area is 178 Å². The van der Waals surface area contributed by atoms with E-state index in [0.717, 1.165) is 50.8 Å². The van der Waals surface area contributed by atoms with Crippen LogP contribution < -0.4 is 16.0 Å². The molecule has 2 heterocycles. The molecule has 0 aliphatic carbocycles. The molecule has 1 unspecified atom stereocenters. The molecule has 2 rings (SSSR count). The summed E-state index contributed by atoms with van der Waals surface area (Å²) < 4.78 is 0. The molecule has 0 amide bonds. The number of nitrogens with zero attached hydrogens (tertiary/aromatic N) is 2. The standard InChI is InChI=1S/C19H29N5S.HI/c1-3-20-19(24-15-16(2)17-9-8-14-25-17)23-13-7-6-12-22-18-10-4-5-11-21-18;/h4-5,8-11,14,16H,3,6-7,12-13,15H2,1-2H3,(H,21,22)(H2,20,23,24);1H. The number of aliphatic imine (C=N–C) groups is 1. The van der Waals surface area contributed by atoms with Crippen LogP contribution in [0.4, 0.5) is 5.82 Å². The number of unbranched alkanes of at least 4 members (excludes halogenated alkanes) is 1. The van der Waals surface area contributed by atoms with Crippen LogP contribution in [0.15, 0.2) is 46.9 Å². The van der Waals surface area contributed by atoms with Gasteiger partial charge in [0.05, 0.1) is 6.54 Å². The lowest BCUT2D eigenvalue weighted by molar-refractivity contribution is 0.705. The van der Waals surface area contributed by atoms with Gasteiger partial charge in [-0.1, -0.05) is 19.1 Å². The zero-order valence-corrected chi connectivity index (χ0v) is 18.7. The van der Waals surface area contributed by atoms with Crippen LogP contribution in [0, 0.1) is 0 Å². The van der Waals surface area contributed by atoms with E-state index >= 15 is 0 Å². The largest absolute Gasteiger partial charge is 0.370 e. The summed E-state index contributed by atoms with van der Waals surface area (Å²) in [6.07, 6.45) is 3.99. The van der Waals surface area contributed by atoms with E-state index in [-0.39, 0.29) is 24.0 Å². The summed E-state index contributed by atoms with van der Waals surface area (Å²) in [6, 6.07) is 10.2. The van der Waals surface area contributed by atoms with Crippen LogP contribution in [0.1, 0.15) is 37.5 Å². The lowest BCUT2D eigenvalue weighted by Crippen LogP contribution is -2.38. The SMILES string of the molecule is CCNC(=NCC(C)c1cccs1)NCCCCNc1ccccn1.I. The van der Waals surface area contributed by atoms with Gasteiger partial charge in [-0.2, -0.15) is 0 Å². The van der Waals surface area contributed by atoms with Gasteiger partial charge in [0.2, 0.25) is 0 Å². The minimum Gasteiger partial charge on any atom is -0.370 e. The molecule has 0 fully saturated rings. The molecular weight excluding hydrogens is 457 g/mol. The molecule has 0 aromatic carbocycles. The fourth-order valence-electron chi connectivity index (χ4n) is 2.37. The summed E-state index contributed by atoms with van der Waals surface area (Å²) in [7, 11) is 0. The van der Waals surface area contributed by atoms with Crippen LogP contribution in [0.25, 0.3) is 0 Å². The minimum atomic E-state index is 0. The smallest absolute Gasteiger partial charge is 0.191 e. The zero-order valence-electron chi connectivity index (χ0n) is 15.6. The Balaban J connectivity index is 0.00000338. The Morgan fingerprint density at radius 1 is 1.15 bits per heavy atom. The Bertz CT molecular complexity index is 604. The molecule has 0 saturated heterocycles. The fourth-order valence-corrected chi connectivity index (χ4v) is 3.15. The molecule has 0 saturated carbocycles. The number of thiophene rings is 1. The van der Waals surface area contributed by atoms with E-state index in [0.29, 0.717) is 5.92 Å². The van der Waals surface area contributed by atoms with Crippen LogP contribution in [-0.2, 0) is 0 Å². The molecule has 2 aromatic rings. The molecule has 144 valence electrons. The van der Waals surface area contributed by atoms with Gasteiger partial charge in [-0.25, -0.2) is 4.98 Å². The number of anilines is 1. The third kappa shape index (κ3) is 8.84. The number of nitrogens with one attached hydrogen (secondary N) is 3. The number of rotatable bonds is 10. The second kappa shape index (κ2) is 13.8. The normalized spacial score (nSPS) is 12.2. The first-order chi connectivity index (χ1) is 12.3. The average molecular weight is 487 g/mol. The van der Waals surface area contributed by atoms with Crippen molar-refractivity contribution in [2.24, 2.45) is 4.99 Å².